The summed E-state index contributed by atoms with van der Waals surface area (Å²) in [5.41, 5.74) is 1.09. The lowest BCUT2D eigenvalue weighted by Gasteiger charge is -1.94. The van der Waals surface area contributed by atoms with Gasteiger partial charge in [-0.1, -0.05) is 0 Å². The fraction of sp³-hybridized carbons (Fsp3) is 0.300. The van der Waals surface area contributed by atoms with Gasteiger partial charge in [0.05, 0.1) is 13.0 Å². The Labute approximate surface area is 96.1 Å². The Hall–Kier alpha value is -1.69. The van der Waals surface area contributed by atoms with Crippen molar-refractivity contribution in [1.82, 2.24) is 10.2 Å². The van der Waals surface area contributed by atoms with Crippen molar-refractivity contribution in [3.8, 4) is 0 Å². The van der Waals surface area contributed by atoms with Gasteiger partial charge >= 0.3 is 11.9 Å². The first kappa shape index (κ1) is 10.8. The second kappa shape index (κ2) is 4.89. The lowest BCUT2D eigenvalue weighted by molar-refractivity contribution is 0.0479. The van der Waals surface area contributed by atoms with Crippen molar-refractivity contribution < 1.29 is 13.9 Å². The second-order valence-corrected chi connectivity index (χ2v) is 3.81. The number of hydrogen-bond acceptors (Lipinski definition) is 6. The third-order valence-corrected chi connectivity index (χ3v) is 2.58. The van der Waals surface area contributed by atoms with E-state index >= 15 is 0 Å². The summed E-state index contributed by atoms with van der Waals surface area (Å²) in [5.74, 6) is -0.250. The number of esters is 1. The minimum Gasteiger partial charge on any atom is -0.459 e. The van der Waals surface area contributed by atoms with Crippen molar-refractivity contribution in [3.63, 3.8) is 0 Å². The number of nitrogens with zero attached hydrogens (tertiary/aromatic N) is 2. The molecular weight excluding hydrogens is 228 g/mol. The molecule has 0 saturated carbocycles. The maximum Gasteiger partial charge on any atom is 0.396 e. The molecule has 2 heterocycles. The SMILES string of the molecule is CCOC(=O)c1nnc(Cc2ccsc2)o1. The Morgan fingerprint density at radius 1 is 1.56 bits per heavy atom. The van der Waals surface area contributed by atoms with Crippen LogP contribution in [0.5, 0.6) is 0 Å². The van der Waals surface area contributed by atoms with Crippen LogP contribution in [0.25, 0.3) is 0 Å². The highest BCUT2D eigenvalue weighted by molar-refractivity contribution is 7.07. The summed E-state index contributed by atoms with van der Waals surface area (Å²) in [6.45, 7) is 2.02. The van der Waals surface area contributed by atoms with Crippen LogP contribution in [0.2, 0.25) is 0 Å². The average Bonchev–Trinajstić information content (AvgIpc) is 2.90. The third kappa shape index (κ3) is 2.46. The van der Waals surface area contributed by atoms with Crippen molar-refractivity contribution >= 4 is 17.3 Å². The lowest BCUT2D eigenvalue weighted by Crippen LogP contribution is -2.04. The Morgan fingerprint density at radius 2 is 2.44 bits per heavy atom. The van der Waals surface area contributed by atoms with Crippen LogP contribution in [-0.4, -0.2) is 22.8 Å². The van der Waals surface area contributed by atoms with Gasteiger partial charge in [0.2, 0.25) is 5.89 Å². The van der Waals surface area contributed by atoms with Gasteiger partial charge in [0.15, 0.2) is 0 Å². The van der Waals surface area contributed by atoms with Crippen LogP contribution in [0, 0.1) is 0 Å². The summed E-state index contributed by atoms with van der Waals surface area (Å²) in [6, 6.07) is 1.97. The molecule has 0 saturated heterocycles. The topological polar surface area (TPSA) is 65.2 Å². The van der Waals surface area contributed by atoms with Crippen molar-refractivity contribution in [3.05, 3.63) is 34.2 Å². The summed E-state index contributed by atoms with van der Waals surface area (Å²) in [5, 5.41) is 11.4. The van der Waals surface area contributed by atoms with Gasteiger partial charge in [-0.3, -0.25) is 0 Å². The molecule has 0 aromatic carbocycles. The lowest BCUT2D eigenvalue weighted by atomic mass is 10.2. The molecular formula is C10H10N2O3S. The third-order valence-electron chi connectivity index (χ3n) is 1.85. The Kier molecular flexibility index (Phi) is 3.31. The zero-order valence-electron chi connectivity index (χ0n) is 8.67. The zero-order chi connectivity index (χ0) is 11.4. The summed E-state index contributed by atoms with van der Waals surface area (Å²) < 4.78 is 9.92. The Morgan fingerprint density at radius 3 is 3.12 bits per heavy atom. The summed E-state index contributed by atoms with van der Waals surface area (Å²) in [6.07, 6.45) is 0.538. The highest BCUT2D eigenvalue weighted by Crippen LogP contribution is 2.12. The van der Waals surface area contributed by atoms with E-state index < -0.39 is 5.97 Å². The second-order valence-electron chi connectivity index (χ2n) is 3.03. The molecule has 0 unspecified atom stereocenters. The monoisotopic (exact) mass is 238 g/mol. The first-order valence-corrected chi connectivity index (χ1v) is 5.74. The van der Waals surface area contributed by atoms with Crippen LogP contribution in [0.3, 0.4) is 0 Å². The molecule has 0 atom stereocenters. The maximum atomic E-state index is 11.2. The van der Waals surface area contributed by atoms with E-state index in [0.717, 1.165) is 5.56 Å². The van der Waals surface area contributed by atoms with Crippen molar-refractivity contribution in [2.75, 3.05) is 6.61 Å². The molecule has 0 bridgehead atoms. The molecule has 0 radical (unpaired) electrons. The van der Waals surface area contributed by atoms with Crippen LogP contribution < -0.4 is 0 Å². The maximum absolute atomic E-state index is 11.2. The smallest absolute Gasteiger partial charge is 0.396 e. The van der Waals surface area contributed by atoms with E-state index in [2.05, 4.69) is 10.2 Å². The molecule has 84 valence electrons. The van der Waals surface area contributed by atoms with Crippen LogP contribution >= 0.6 is 11.3 Å². The van der Waals surface area contributed by atoms with E-state index in [9.17, 15) is 4.79 Å². The Balaban J connectivity index is 2.05. The molecule has 0 aliphatic rings. The molecule has 0 N–H and O–H groups in total. The molecule has 16 heavy (non-hydrogen) atoms. The van der Waals surface area contributed by atoms with E-state index in [-0.39, 0.29) is 5.89 Å². The molecule has 2 rings (SSSR count). The number of hydrogen-bond donors (Lipinski definition) is 0. The zero-order valence-corrected chi connectivity index (χ0v) is 9.49. The van der Waals surface area contributed by atoms with Crippen molar-refractivity contribution in [1.29, 1.82) is 0 Å². The number of rotatable bonds is 4. The van der Waals surface area contributed by atoms with Crippen LogP contribution in [0.15, 0.2) is 21.2 Å². The van der Waals surface area contributed by atoms with Crippen molar-refractivity contribution in [2.45, 2.75) is 13.3 Å². The van der Waals surface area contributed by atoms with E-state index in [1.54, 1.807) is 18.3 Å². The molecule has 0 fully saturated rings. The molecule has 0 aliphatic heterocycles. The average molecular weight is 238 g/mol. The molecule has 6 heteroatoms. The number of carbonyl (C=O) groups excluding carboxylic acids is 1. The highest BCUT2D eigenvalue weighted by Gasteiger charge is 2.15. The molecule has 5 nitrogen and oxygen atoms in total. The predicted octanol–water partition coefficient (Wildman–Crippen LogP) is 1.90. The largest absolute Gasteiger partial charge is 0.459 e. The number of ether oxygens (including phenoxy) is 1. The van der Waals surface area contributed by atoms with Gasteiger partial charge in [0.25, 0.3) is 0 Å². The summed E-state index contributed by atoms with van der Waals surface area (Å²) >= 11 is 1.60. The first-order chi connectivity index (χ1) is 7.79. The van der Waals surface area contributed by atoms with Crippen LogP contribution in [-0.2, 0) is 11.2 Å². The fourth-order valence-corrected chi connectivity index (χ4v) is 1.84. The standard InChI is InChI=1S/C10H10N2O3S/c1-2-14-10(13)9-12-11-8(15-9)5-7-3-4-16-6-7/h3-4,6H,2,5H2,1H3. The van der Waals surface area contributed by atoms with Gasteiger partial charge in [-0.05, 0) is 29.3 Å². The van der Waals surface area contributed by atoms with E-state index in [1.165, 1.54) is 0 Å². The number of carbonyl (C=O) groups is 1. The van der Waals surface area contributed by atoms with E-state index in [0.29, 0.717) is 18.9 Å². The van der Waals surface area contributed by atoms with Gasteiger partial charge in [0, 0.05) is 0 Å². The van der Waals surface area contributed by atoms with Gasteiger partial charge in [-0.2, -0.15) is 11.3 Å². The predicted molar refractivity (Wildman–Crippen MR) is 57.4 cm³/mol. The fourth-order valence-electron chi connectivity index (χ4n) is 1.17. The van der Waals surface area contributed by atoms with Crippen molar-refractivity contribution in [2.24, 2.45) is 0 Å². The van der Waals surface area contributed by atoms with E-state index in [1.807, 2.05) is 16.8 Å². The van der Waals surface area contributed by atoms with Crippen LogP contribution in [0.1, 0.15) is 29.1 Å². The normalized spacial score (nSPS) is 10.3. The van der Waals surface area contributed by atoms with Gasteiger partial charge < -0.3 is 9.15 Å². The number of thiophene rings is 1. The first-order valence-electron chi connectivity index (χ1n) is 4.80. The number of aromatic nitrogens is 2. The molecule has 0 aliphatic carbocycles. The Bertz CT molecular complexity index is 464. The molecule has 2 aromatic heterocycles. The molecule has 2 aromatic rings. The molecule has 0 spiro atoms. The van der Waals surface area contributed by atoms with Gasteiger partial charge in [0.1, 0.15) is 0 Å². The minimum atomic E-state index is -0.577. The summed E-state index contributed by atoms with van der Waals surface area (Å²) in [7, 11) is 0. The summed E-state index contributed by atoms with van der Waals surface area (Å²) in [4.78, 5) is 11.2. The van der Waals surface area contributed by atoms with Crippen LogP contribution in [0.4, 0.5) is 0 Å². The quantitative estimate of drug-likeness (QED) is 0.761. The minimum absolute atomic E-state index is 0.0907. The highest BCUT2D eigenvalue weighted by atomic mass is 32.1. The van der Waals surface area contributed by atoms with Gasteiger partial charge in [-0.15, -0.1) is 10.2 Å². The molecule has 0 amide bonds. The van der Waals surface area contributed by atoms with Gasteiger partial charge in [-0.25, -0.2) is 4.79 Å². The van der Waals surface area contributed by atoms with E-state index in [4.69, 9.17) is 9.15 Å².